The van der Waals surface area contributed by atoms with Gasteiger partial charge in [-0.15, -0.1) is 0 Å². The lowest BCUT2D eigenvalue weighted by atomic mass is 9.82. The zero-order valence-corrected chi connectivity index (χ0v) is 38.3. The highest BCUT2D eigenvalue weighted by Gasteiger charge is 2.40. The number of hydrogen-bond acceptors (Lipinski definition) is 1. The molecule has 0 unspecified atom stereocenters. The normalized spacial score (nSPS) is 13.9. The Hall–Kier alpha value is -8.00. The quantitative estimate of drug-likeness (QED) is 0.151. The maximum atomic E-state index is 2.61. The smallest absolute Gasteiger partial charge is 0.0546 e. The molecule has 67 heavy (non-hydrogen) atoms. The molecule has 0 aromatic heterocycles. The first-order chi connectivity index (χ1) is 32.8. The molecule has 1 heteroatoms. The van der Waals surface area contributed by atoms with Crippen LogP contribution in [-0.4, -0.2) is 0 Å². The van der Waals surface area contributed by atoms with Crippen molar-refractivity contribution in [1.82, 2.24) is 0 Å². The zero-order chi connectivity index (χ0) is 45.0. The van der Waals surface area contributed by atoms with Gasteiger partial charge < -0.3 is 4.90 Å². The average molecular weight is 856 g/mol. The van der Waals surface area contributed by atoms with Crippen LogP contribution >= 0.6 is 0 Å². The maximum Gasteiger partial charge on any atom is 0.0546 e. The molecule has 2 aliphatic rings. The molecular formula is C66H49N. The number of anilines is 3. The summed E-state index contributed by atoms with van der Waals surface area (Å²) < 4.78 is 0. The van der Waals surface area contributed by atoms with Gasteiger partial charge in [0.25, 0.3) is 0 Å². The molecule has 0 amide bonds. The van der Waals surface area contributed by atoms with E-state index in [1.165, 1.54) is 116 Å². The third kappa shape index (κ3) is 5.87. The van der Waals surface area contributed by atoms with Crippen LogP contribution in [0.25, 0.3) is 88.0 Å². The Labute approximate surface area is 393 Å². The summed E-state index contributed by atoms with van der Waals surface area (Å²) in [4.78, 5) is 2.61. The monoisotopic (exact) mass is 855 g/mol. The van der Waals surface area contributed by atoms with Gasteiger partial charge in [-0.3, -0.25) is 0 Å². The summed E-state index contributed by atoms with van der Waals surface area (Å²) in [5.74, 6) is 0. The molecular weight excluding hydrogens is 807 g/mol. The first-order valence-corrected chi connectivity index (χ1v) is 23.7. The molecule has 2 aliphatic carbocycles. The average Bonchev–Trinajstić information content (AvgIpc) is 3.76. The van der Waals surface area contributed by atoms with Crippen LogP contribution in [0.2, 0.25) is 0 Å². The van der Waals surface area contributed by atoms with Crippen molar-refractivity contribution >= 4 is 49.4 Å². The van der Waals surface area contributed by atoms with Gasteiger partial charge in [0.2, 0.25) is 0 Å². The van der Waals surface area contributed by atoms with Crippen LogP contribution in [0.4, 0.5) is 17.1 Å². The third-order valence-electron chi connectivity index (χ3n) is 15.2. The van der Waals surface area contributed by atoms with Gasteiger partial charge in [0.05, 0.1) is 11.4 Å². The topological polar surface area (TPSA) is 3.24 Å². The summed E-state index contributed by atoms with van der Waals surface area (Å²) in [5, 5.41) is 7.55. The van der Waals surface area contributed by atoms with Gasteiger partial charge in [-0.1, -0.05) is 216 Å². The van der Waals surface area contributed by atoms with E-state index in [1.54, 1.807) is 0 Å². The molecule has 0 radical (unpaired) electrons. The van der Waals surface area contributed by atoms with Crippen LogP contribution in [0.3, 0.4) is 0 Å². The van der Waals surface area contributed by atoms with Crippen LogP contribution in [0.1, 0.15) is 49.9 Å². The van der Waals surface area contributed by atoms with E-state index in [0.29, 0.717) is 0 Å². The minimum Gasteiger partial charge on any atom is -0.309 e. The lowest BCUT2D eigenvalue weighted by molar-refractivity contribution is 0.660. The highest BCUT2D eigenvalue weighted by atomic mass is 15.1. The van der Waals surface area contributed by atoms with Crippen LogP contribution < -0.4 is 4.90 Å². The minimum atomic E-state index is -0.176. The predicted octanol–water partition coefficient (Wildman–Crippen LogP) is 18.2. The number of fused-ring (bicyclic) bond motifs is 12. The van der Waals surface area contributed by atoms with Crippen molar-refractivity contribution in [3.8, 4) is 55.6 Å². The molecule has 0 bridgehead atoms. The largest absolute Gasteiger partial charge is 0.309 e. The summed E-state index contributed by atoms with van der Waals surface area (Å²) in [7, 11) is 0. The van der Waals surface area contributed by atoms with Gasteiger partial charge in [0.15, 0.2) is 0 Å². The Balaban J connectivity index is 1.15. The van der Waals surface area contributed by atoms with Crippen LogP contribution in [0.15, 0.2) is 224 Å². The van der Waals surface area contributed by atoms with Crippen molar-refractivity contribution in [3.05, 3.63) is 247 Å². The van der Waals surface area contributed by atoms with E-state index in [2.05, 4.69) is 257 Å². The van der Waals surface area contributed by atoms with Crippen molar-refractivity contribution in [2.75, 3.05) is 4.90 Å². The lowest BCUT2D eigenvalue weighted by Gasteiger charge is -2.32. The summed E-state index contributed by atoms with van der Waals surface area (Å²) in [6.45, 7) is 9.55. The van der Waals surface area contributed by atoms with Crippen molar-refractivity contribution in [2.45, 2.75) is 38.5 Å². The van der Waals surface area contributed by atoms with E-state index in [4.69, 9.17) is 0 Å². The minimum absolute atomic E-state index is 0.168. The Kier molecular flexibility index (Phi) is 8.67. The maximum absolute atomic E-state index is 2.61. The zero-order valence-electron chi connectivity index (χ0n) is 38.3. The fourth-order valence-corrected chi connectivity index (χ4v) is 12.0. The van der Waals surface area contributed by atoms with E-state index in [-0.39, 0.29) is 10.8 Å². The molecule has 0 spiro atoms. The number of rotatable bonds is 6. The molecule has 11 aromatic rings. The first-order valence-electron chi connectivity index (χ1n) is 23.7. The molecule has 0 aliphatic heterocycles. The van der Waals surface area contributed by atoms with E-state index in [9.17, 15) is 0 Å². The second-order valence-electron chi connectivity index (χ2n) is 19.6. The van der Waals surface area contributed by atoms with Crippen molar-refractivity contribution in [1.29, 1.82) is 0 Å². The molecule has 13 rings (SSSR count). The predicted molar refractivity (Wildman–Crippen MR) is 285 cm³/mol. The van der Waals surface area contributed by atoms with Gasteiger partial charge in [-0.2, -0.15) is 0 Å². The van der Waals surface area contributed by atoms with Gasteiger partial charge >= 0.3 is 0 Å². The van der Waals surface area contributed by atoms with Crippen molar-refractivity contribution < 1.29 is 0 Å². The first kappa shape index (κ1) is 39.4. The van der Waals surface area contributed by atoms with Crippen molar-refractivity contribution in [3.63, 3.8) is 0 Å². The Morgan fingerprint density at radius 1 is 0.284 bits per heavy atom. The number of nitrogens with zero attached hydrogens (tertiary/aromatic N) is 1. The number of hydrogen-bond donors (Lipinski definition) is 0. The van der Waals surface area contributed by atoms with E-state index in [0.717, 1.165) is 11.4 Å². The molecule has 1 nitrogen and oxygen atoms in total. The summed E-state index contributed by atoms with van der Waals surface area (Å²) in [6.07, 6.45) is 0. The highest BCUT2D eigenvalue weighted by molar-refractivity contribution is 6.30. The standard InChI is InChI=1S/C66H49N/c1-65(2)57-32-15-13-30-55(57)64-58(65)33-18-34-60(64)67(47-35-36-52-51-28-12-14-31-56(51)66(3,4)59(52)41-47)61-38-37-54-50-27-9-8-25-48(50)49-26-10-11-29-53(49)63(54)62(61)46-24-17-23-45(40-46)44-22-16-21-43(39-44)42-19-6-5-7-20-42/h5-41H,1-4H3. The highest BCUT2D eigenvalue weighted by Crippen LogP contribution is 2.57. The summed E-state index contributed by atoms with van der Waals surface area (Å²) >= 11 is 0. The van der Waals surface area contributed by atoms with Crippen LogP contribution in [-0.2, 0) is 10.8 Å². The molecule has 0 fully saturated rings. The van der Waals surface area contributed by atoms with Crippen LogP contribution in [0, 0.1) is 0 Å². The van der Waals surface area contributed by atoms with Gasteiger partial charge in [-0.05, 0) is 130 Å². The van der Waals surface area contributed by atoms with Crippen LogP contribution in [0.5, 0.6) is 0 Å². The molecule has 11 aromatic carbocycles. The Morgan fingerprint density at radius 2 is 0.746 bits per heavy atom. The molecule has 0 N–H and O–H groups in total. The third-order valence-corrected chi connectivity index (χ3v) is 15.2. The molecule has 0 heterocycles. The summed E-state index contributed by atoms with van der Waals surface area (Å²) in [5.41, 5.74) is 21.0. The fourth-order valence-electron chi connectivity index (χ4n) is 12.0. The second-order valence-corrected chi connectivity index (χ2v) is 19.6. The van der Waals surface area contributed by atoms with E-state index in [1.807, 2.05) is 0 Å². The lowest BCUT2D eigenvalue weighted by Crippen LogP contribution is -2.18. The van der Waals surface area contributed by atoms with Crippen molar-refractivity contribution in [2.24, 2.45) is 0 Å². The molecule has 318 valence electrons. The number of benzene rings is 11. The Bertz CT molecular complexity index is 3780. The van der Waals surface area contributed by atoms with Gasteiger partial charge in [0, 0.05) is 33.0 Å². The Morgan fingerprint density at radius 3 is 1.46 bits per heavy atom. The molecule has 0 atom stereocenters. The SMILES string of the molecule is CC1(C)c2ccccc2-c2ccc(N(c3cccc4c3-c3ccccc3C4(C)C)c3ccc4c5ccccc5c5ccccc5c4c3-c3cccc(-c4cccc(-c5ccccc5)c4)c3)cc21. The van der Waals surface area contributed by atoms with Gasteiger partial charge in [0.1, 0.15) is 0 Å². The molecule has 0 saturated heterocycles. The van der Waals surface area contributed by atoms with E-state index >= 15 is 0 Å². The van der Waals surface area contributed by atoms with E-state index < -0.39 is 0 Å². The summed E-state index contributed by atoms with van der Waals surface area (Å²) in [6, 6.07) is 84.1. The second kappa shape index (κ2) is 14.8. The van der Waals surface area contributed by atoms with Gasteiger partial charge in [-0.25, -0.2) is 0 Å². The fraction of sp³-hybridized carbons (Fsp3) is 0.0909. The molecule has 0 saturated carbocycles.